The van der Waals surface area contributed by atoms with Crippen LogP contribution in [0.2, 0.25) is 0 Å². The van der Waals surface area contributed by atoms with Crippen LogP contribution in [0.25, 0.3) is 0 Å². The Labute approximate surface area is 110 Å². The normalized spacial score (nSPS) is 10.9. The zero-order valence-corrected chi connectivity index (χ0v) is 10.9. The van der Waals surface area contributed by atoms with Gasteiger partial charge in [0.25, 0.3) is 0 Å². The van der Waals surface area contributed by atoms with Gasteiger partial charge in [-0.3, -0.25) is 0 Å². The third-order valence-corrected chi connectivity index (χ3v) is 2.05. The Bertz CT molecular complexity index is 273. The average Bonchev–Trinajstić information content (AvgIpc) is 2.04. The van der Waals surface area contributed by atoms with Crippen LogP contribution in [0.15, 0.2) is 23.4 Å². The summed E-state index contributed by atoms with van der Waals surface area (Å²) in [5.41, 5.74) is -0.721. The van der Waals surface area contributed by atoms with E-state index in [0.717, 1.165) is 12.3 Å². The maximum Gasteiger partial charge on any atom is 3.00 e. The predicted octanol–water partition coefficient (Wildman–Crippen LogP) is 3.02. The van der Waals surface area contributed by atoms with Crippen molar-refractivity contribution < 1.29 is 45.9 Å². The van der Waals surface area contributed by atoms with Crippen molar-refractivity contribution in [2.45, 2.75) is 11.2 Å². The van der Waals surface area contributed by atoms with Gasteiger partial charge in [-0.15, -0.1) is 17.5 Å². The number of hydrogen-bond acceptors (Lipinski definition) is 2. The summed E-state index contributed by atoms with van der Waals surface area (Å²) in [6.07, 6.45) is -3.47. The molecule has 0 saturated carbocycles. The summed E-state index contributed by atoms with van der Waals surface area (Å²) in [4.78, 5) is 3.64. The third-order valence-electron chi connectivity index (χ3n) is 1.31. The minimum Gasteiger partial charge on any atom is -0.333 e. The smallest absolute Gasteiger partial charge is 0.333 e. The first-order valence-electron chi connectivity index (χ1n) is 3.49. The largest absolute Gasteiger partial charge is 3.00 e. The van der Waals surface area contributed by atoms with E-state index >= 15 is 0 Å². The molecule has 0 aliphatic carbocycles. The van der Waals surface area contributed by atoms with E-state index < -0.39 is 11.7 Å². The van der Waals surface area contributed by atoms with Gasteiger partial charge in [-0.25, -0.2) is 4.98 Å². The topological polar surface area (TPSA) is 12.9 Å². The van der Waals surface area contributed by atoms with Crippen molar-refractivity contribution >= 4 is 11.8 Å². The van der Waals surface area contributed by atoms with Gasteiger partial charge in [-0.1, -0.05) is 0 Å². The number of thioether (sulfide) groups is 1. The van der Waals surface area contributed by atoms with E-state index in [2.05, 4.69) is 11.9 Å². The zero-order valence-electron chi connectivity index (χ0n) is 7.21. The van der Waals surface area contributed by atoms with Gasteiger partial charge in [0, 0.05) is 6.20 Å². The second-order valence-electron chi connectivity index (χ2n) is 2.23. The summed E-state index contributed by atoms with van der Waals surface area (Å²) in [7, 11) is 0. The maximum atomic E-state index is 12.0. The Hall–Kier alpha value is 0.394. The van der Waals surface area contributed by atoms with Crippen molar-refractivity contribution in [3.05, 3.63) is 30.8 Å². The molecular formula is C8H7F3NSY+2. The summed E-state index contributed by atoms with van der Waals surface area (Å²) in [5, 5.41) is 0.558. The molecule has 1 rings (SSSR count). The van der Waals surface area contributed by atoms with E-state index in [4.69, 9.17) is 0 Å². The van der Waals surface area contributed by atoms with Crippen LogP contribution in [-0.2, 0) is 38.9 Å². The molecule has 0 radical (unpaired) electrons. The molecule has 72 valence electrons. The molecule has 1 aromatic rings. The molecule has 14 heavy (non-hydrogen) atoms. The van der Waals surface area contributed by atoms with Crippen LogP contribution in [0, 0.1) is 6.92 Å². The van der Waals surface area contributed by atoms with Gasteiger partial charge in [0.05, 0.1) is 10.6 Å². The number of aromatic nitrogens is 1. The molecule has 0 aliphatic heterocycles. The van der Waals surface area contributed by atoms with Crippen molar-refractivity contribution in [3.8, 4) is 0 Å². The molecule has 0 spiro atoms. The van der Waals surface area contributed by atoms with Crippen LogP contribution in [0.4, 0.5) is 13.2 Å². The van der Waals surface area contributed by atoms with Crippen LogP contribution >= 0.6 is 11.8 Å². The van der Waals surface area contributed by atoms with Crippen LogP contribution in [0.1, 0.15) is 5.56 Å². The summed E-state index contributed by atoms with van der Waals surface area (Å²) in [6, 6.07) is 2.36. The Morgan fingerprint density at radius 1 is 1.36 bits per heavy atom. The van der Waals surface area contributed by atoms with E-state index in [1.165, 1.54) is 17.8 Å². The van der Waals surface area contributed by atoms with Gasteiger partial charge in [0.2, 0.25) is 0 Å². The van der Waals surface area contributed by atoms with Crippen LogP contribution in [0.5, 0.6) is 0 Å². The fourth-order valence-electron chi connectivity index (χ4n) is 0.738. The number of hydrogen-bond donors (Lipinski definition) is 0. The molecule has 1 heterocycles. The molecular weight excluding hydrogens is 288 g/mol. The molecule has 0 fully saturated rings. The van der Waals surface area contributed by atoms with Gasteiger partial charge in [0.15, 0.2) is 0 Å². The molecule has 0 unspecified atom stereocenters. The van der Waals surface area contributed by atoms with Gasteiger partial charge >= 0.3 is 38.9 Å². The molecule has 0 amide bonds. The van der Waals surface area contributed by atoms with E-state index in [1.54, 1.807) is 0 Å². The Morgan fingerprint density at radius 2 is 2.00 bits per heavy atom. The second-order valence-corrected chi connectivity index (χ2v) is 3.35. The minimum atomic E-state index is -4.30. The molecule has 0 aliphatic rings. The standard InChI is InChI=1S/C8H7F3NS.Y/c1-2-13-7-4-3-6(5-12-7)8(9,10)11;/h3-5H,1-2H2;/q-1;+3. The first-order chi connectivity index (χ1) is 6.04. The Kier molecular flexibility index (Phi) is 6.25. The van der Waals surface area contributed by atoms with E-state index in [-0.39, 0.29) is 32.7 Å². The minimum absolute atomic E-state index is 0. The van der Waals surface area contributed by atoms with Crippen molar-refractivity contribution in [1.29, 1.82) is 0 Å². The van der Waals surface area contributed by atoms with Gasteiger partial charge in [-0.05, 0) is 12.1 Å². The van der Waals surface area contributed by atoms with E-state index in [1.807, 2.05) is 0 Å². The SMILES string of the molecule is [CH2-]CSc1ccc(C(F)(F)F)cn1.[Y+3]. The molecule has 0 N–H and O–H groups in total. The van der Waals surface area contributed by atoms with Gasteiger partial charge < -0.3 is 6.92 Å². The summed E-state index contributed by atoms with van der Waals surface area (Å²) >= 11 is 1.31. The first-order valence-corrected chi connectivity index (χ1v) is 4.48. The quantitative estimate of drug-likeness (QED) is 0.614. The third kappa shape index (κ3) is 4.28. The average molecular weight is 295 g/mol. The first kappa shape index (κ1) is 14.4. The monoisotopic (exact) mass is 295 g/mol. The number of nitrogens with zero attached hydrogens (tertiary/aromatic N) is 1. The summed E-state index contributed by atoms with van der Waals surface area (Å²) < 4.78 is 36.1. The molecule has 0 aromatic carbocycles. The predicted molar refractivity (Wildman–Crippen MR) is 45.3 cm³/mol. The van der Waals surface area contributed by atoms with Crippen molar-refractivity contribution in [2.24, 2.45) is 0 Å². The Balaban J connectivity index is 0.00000169. The number of pyridine rings is 1. The molecule has 0 saturated heterocycles. The number of rotatable bonds is 2. The number of alkyl halides is 3. The molecule has 1 nitrogen and oxygen atoms in total. The second kappa shape index (κ2) is 6.08. The van der Waals surface area contributed by atoms with E-state index in [0.29, 0.717) is 10.8 Å². The van der Waals surface area contributed by atoms with Gasteiger partial charge in [-0.2, -0.15) is 13.2 Å². The van der Waals surface area contributed by atoms with Gasteiger partial charge in [0.1, 0.15) is 0 Å². The van der Waals surface area contributed by atoms with Crippen molar-refractivity contribution in [3.63, 3.8) is 0 Å². The molecule has 0 atom stereocenters. The molecule has 6 heteroatoms. The fraction of sp³-hybridized carbons (Fsp3) is 0.250. The fourth-order valence-corrected chi connectivity index (χ4v) is 1.24. The van der Waals surface area contributed by atoms with Crippen LogP contribution in [0.3, 0.4) is 0 Å². The number of halogens is 3. The van der Waals surface area contributed by atoms with Crippen LogP contribution in [-0.4, -0.2) is 10.7 Å². The zero-order chi connectivity index (χ0) is 9.90. The summed E-state index contributed by atoms with van der Waals surface area (Å²) in [6.45, 7) is 3.55. The maximum absolute atomic E-state index is 12.0. The molecule has 0 bridgehead atoms. The summed E-state index contributed by atoms with van der Waals surface area (Å²) in [5.74, 6) is 0.554. The van der Waals surface area contributed by atoms with E-state index in [9.17, 15) is 13.2 Å². The molecule has 1 aromatic heterocycles. The van der Waals surface area contributed by atoms with Crippen LogP contribution < -0.4 is 0 Å². The Morgan fingerprint density at radius 3 is 2.36 bits per heavy atom. The van der Waals surface area contributed by atoms with Crippen molar-refractivity contribution in [1.82, 2.24) is 4.98 Å². The van der Waals surface area contributed by atoms with Crippen molar-refractivity contribution in [2.75, 3.05) is 5.75 Å².